The minimum Gasteiger partial charge on any atom is -0.466 e. The average Bonchev–Trinajstić information content (AvgIpc) is 2.81. The minimum absolute atomic E-state index is 0.149. The minimum atomic E-state index is -1.32. The summed E-state index contributed by atoms with van der Waals surface area (Å²) in [6.45, 7) is 0. The predicted molar refractivity (Wildman–Crippen MR) is 119 cm³/mol. The zero-order valence-corrected chi connectivity index (χ0v) is 19.0. The second kappa shape index (κ2) is 9.35. The van der Waals surface area contributed by atoms with Gasteiger partial charge < -0.3 is 15.2 Å². The van der Waals surface area contributed by atoms with E-state index in [1.807, 2.05) is 6.07 Å². The average molecular weight is 551 g/mol. The van der Waals surface area contributed by atoms with Crippen LogP contribution in [-0.4, -0.2) is 26.2 Å². The Morgan fingerprint density at radius 2 is 1.72 bits per heavy atom. The van der Waals surface area contributed by atoms with Crippen molar-refractivity contribution in [2.75, 3.05) is 19.1 Å². The van der Waals surface area contributed by atoms with Crippen molar-refractivity contribution >= 4 is 40.2 Å². The van der Waals surface area contributed by atoms with Gasteiger partial charge in [-0.15, -0.1) is 0 Å². The van der Waals surface area contributed by atoms with Crippen LogP contribution >= 0.6 is 22.6 Å². The first-order chi connectivity index (χ1) is 15.3. The number of allylic oxidation sites excluding steroid dienone is 1. The molecule has 0 spiro atoms. The second-order valence-corrected chi connectivity index (χ2v) is 7.69. The zero-order valence-electron chi connectivity index (χ0n) is 16.9. The van der Waals surface area contributed by atoms with Crippen LogP contribution in [0.25, 0.3) is 0 Å². The summed E-state index contributed by atoms with van der Waals surface area (Å²) in [5.41, 5.74) is 5.36. The van der Waals surface area contributed by atoms with Crippen molar-refractivity contribution in [2.24, 2.45) is 5.73 Å². The molecule has 2 aromatic carbocycles. The third-order valence-electron chi connectivity index (χ3n) is 4.85. The molecule has 0 amide bonds. The molecule has 1 unspecified atom stereocenters. The van der Waals surface area contributed by atoms with Crippen molar-refractivity contribution in [3.8, 4) is 6.07 Å². The Hall–Kier alpha value is -3.46. The molecule has 0 bridgehead atoms. The lowest BCUT2D eigenvalue weighted by Crippen LogP contribution is -2.41. The van der Waals surface area contributed by atoms with Crippen LogP contribution in [0.5, 0.6) is 0 Å². The van der Waals surface area contributed by atoms with E-state index in [1.165, 1.54) is 6.07 Å². The van der Waals surface area contributed by atoms with Crippen LogP contribution in [-0.2, 0) is 19.1 Å². The van der Waals surface area contributed by atoms with Crippen LogP contribution < -0.4 is 10.6 Å². The molecule has 164 valence electrons. The SMILES string of the molecule is COC(=O)C1=C(C(=O)OC)N(c2c(I)ccc(F)c2F)C(N)=C(C#N)C1c1ccccc1. The van der Waals surface area contributed by atoms with E-state index in [-0.39, 0.29) is 20.5 Å². The van der Waals surface area contributed by atoms with Gasteiger partial charge in [0.25, 0.3) is 0 Å². The lowest BCUT2D eigenvalue weighted by atomic mass is 9.81. The van der Waals surface area contributed by atoms with E-state index in [0.29, 0.717) is 5.56 Å². The fourth-order valence-corrected chi connectivity index (χ4v) is 4.12. The summed E-state index contributed by atoms with van der Waals surface area (Å²) in [5.74, 6) is -5.99. The summed E-state index contributed by atoms with van der Waals surface area (Å²) in [6.07, 6.45) is 0. The molecule has 0 saturated heterocycles. The number of methoxy groups -OCH3 is 2. The summed E-state index contributed by atoms with van der Waals surface area (Å²) in [7, 11) is 2.16. The van der Waals surface area contributed by atoms with Crippen LogP contribution in [0.4, 0.5) is 14.5 Å². The first-order valence-corrected chi connectivity index (χ1v) is 10.1. The van der Waals surface area contributed by atoms with Crippen LogP contribution in [0.2, 0.25) is 0 Å². The van der Waals surface area contributed by atoms with Gasteiger partial charge in [-0.05, 0) is 40.3 Å². The quantitative estimate of drug-likeness (QED) is 0.353. The number of nitrogens with zero attached hydrogens (tertiary/aromatic N) is 2. The monoisotopic (exact) mass is 551 g/mol. The molecular formula is C22H16F2IN3O4. The fraction of sp³-hybridized carbons (Fsp3) is 0.136. The molecule has 1 aliphatic rings. The number of nitrogens with two attached hydrogens (primary N) is 1. The molecule has 2 N–H and O–H groups in total. The predicted octanol–water partition coefficient (Wildman–Crippen LogP) is 3.47. The van der Waals surface area contributed by atoms with Crippen molar-refractivity contribution in [3.63, 3.8) is 0 Å². The lowest BCUT2D eigenvalue weighted by Gasteiger charge is -2.36. The van der Waals surface area contributed by atoms with Crippen LogP contribution in [0.1, 0.15) is 11.5 Å². The molecule has 32 heavy (non-hydrogen) atoms. The van der Waals surface area contributed by atoms with Gasteiger partial charge in [0.05, 0.1) is 43.0 Å². The Kier molecular flexibility index (Phi) is 6.78. The molecule has 0 aromatic heterocycles. The van der Waals surface area contributed by atoms with Gasteiger partial charge in [0, 0.05) is 3.57 Å². The Morgan fingerprint density at radius 1 is 1.09 bits per heavy atom. The van der Waals surface area contributed by atoms with Crippen LogP contribution in [0.3, 0.4) is 0 Å². The summed E-state index contributed by atoms with van der Waals surface area (Å²) in [6, 6.07) is 12.5. The number of carbonyl (C=O) groups is 2. The molecule has 1 aliphatic heterocycles. The smallest absolute Gasteiger partial charge is 0.355 e. The van der Waals surface area contributed by atoms with Crippen molar-refractivity contribution in [1.82, 2.24) is 0 Å². The number of carbonyl (C=O) groups excluding carboxylic acids is 2. The maximum absolute atomic E-state index is 14.9. The molecule has 3 rings (SSSR count). The first kappa shape index (κ1) is 23.2. The molecule has 0 saturated carbocycles. The number of hydrogen-bond acceptors (Lipinski definition) is 7. The molecule has 0 fully saturated rings. The summed E-state index contributed by atoms with van der Waals surface area (Å²) < 4.78 is 39.0. The molecule has 7 nitrogen and oxygen atoms in total. The summed E-state index contributed by atoms with van der Waals surface area (Å²) in [4.78, 5) is 26.6. The van der Waals surface area contributed by atoms with Gasteiger partial charge in [0.2, 0.25) is 0 Å². The number of ether oxygens (including phenoxy) is 2. The number of halogens is 3. The Balaban J connectivity index is 2.49. The highest BCUT2D eigenvalue weighted by Gasteiger charge is 2.44. The molecular weight excluding hydrogens is 535 g/mol. The fourth-order valence-electron chi connectivity index (χ4n) is 3.47. The highest BCUT2D eigenvalue weighted by molar-refractivity contribution is 14.1. The third-order valence-corrected chi connectivity index (χ3v) is 5.72. The van der Waals surface area contributed by atoms with Crippen molar-refractivity contribution in [1.29, 1.82) is 5.26 Å². The van der Waals surface area contributed by atoms with Gasteiger partial charge in [0.15, 0.2) is 11.6 Å². The largest absolute Gasteiger partial charge is 0.466 e. The maximum atomic E-state index is 14.9. The number of anilines is 1. The molecule has 1 heterocycles. The normalized spacial score (nSPS) is 16.0. The van der Waals surface area contributed by atoms with Gasteiger partial charge in [-0.2, -0.15) is 5.26 Å². The van der Waals surface area contributed by atoms with E-state index in [2.05, 4.69) is 0 Å². The highest BCUT2D eigenvalue weighted by Crippen LogP contribution is 2.44. The van der Waals surface area contributed by atoms with Gasteiger partial charge in [-0.3, -0.25) is 4.90 Å². The Labute approximate surface area is 195 Å². The first-order valence-electron chi connectivity index (χ1n) is 9.07. The molecule has 10 heteroatoms. The number of esters is 2. The molecule has 0 radical (unpaired) electrons. The summed E-state index contributed by atoms with van der Waals surface area (Å²) >= 11 is 1.73. The van der Waals surface area contributed by atoms with E-state index in [1.54, 1.807) is 52.9 Å². The van der Waals surface area contributed by atoms with Crippen molar-refractivity contribution in [3.05, 3.63) is 85.9 Å². The van der Waals surface area contributed by atoms with E-state index in [0.717, 1.165) is 25.2 Å². The molecule has 1 atom stereocenters. The van der Waals surface area contributed by atoms with E-state index in [9.17, 15) is 23.6 Å². The topological polar surface area (TPSA) is 106 Å². The number of hydrogen-bond donors (Lipinski definition) is 1. The second-order valence-electron chi connectivity index (χ2n) is 6.53. The van der Waals surface area contributed by atoms with Gasteiger partial charge in [-0.1, -0.05) is 30.3 Å². The maximum Gasteiger partial charge on any atom is 0.355 e. The lowest BCUT2D eigenvalue weighted by molar-refractivity contribution is -0.139. The van der Waals surface area contributed by atoms with Crippen LogP contribution in [0, 0.1) is 26.5 Å². The van der Waals surface area contributed by atoms with E-state index in [4.69, 9.17) is 15.2 Å². The van der Waals surface area contributed by atoms with Gasteiger partial charge in [-0.25, -0.2) is 18.4 Å². The van der Waals surface area contributed by atoms with E-state index >= 15 is 0 Å². The van der Waals surface area contributed by atoms with Crippen molar-refractivity contribution in [2.45, 2.75) is 5.92 Å². The van der Waals surface area contributed by atoms with Crippen molar-refractivity contribution < 1.29 is 27.8 Å². The summed E-state index contributed by atoms with van der Waals surface area (Å²) in [5, 5.41) is 9.93. The number of benzene rings is 2. The highest BCUT2D eigenvalue weighted by atomic mass is 127. The zero-order chi connectivity index (χ0) is 23.6. The number of nitriles is 1. The van der Waals surface area contributed by atoms with E-state index < -0.39 is 40.9 Å². The Morgan fingerprint density at radius 3 is 2.28 bits per heavy atom. The third kappa shape index (κ3) is 3.80. The molecule has 0 aliphatic carbocycles. The standard InChI is InChI=1S/C22H16F2IN3O4/c1-31-21(29)16-15(11-6-4-3-5-7-11)12(10-26)20(27)28(19(16)22(30)32-2)18-14(25)9-8-13(23)17(18)24/h3-9,15H,27H2,1-2H3. The van der Waals surface area contributed by atoms with Gasteiger partial charge >= 0.3 is 11.9 Å². The molecule has 2 aromatic rings. The number of rotatable bonds is 4. The van der Waals surface area contributed by atoms with Gasteiger partial charge in [0.1, 0.15) is 11.5 Å². The Bertz CT molecular complexity index is 1210. The van der Waals surface area contributed by atoms with Crippen LogP contribution in [0.15, 0.2) is 65.1 Å².